The van der Waals surface area contributed by atoms with Crippen LogP contribution in [0, 0.1) is 13.8 Å². The van der Waals surface area contributed by atoms with E-state index in [1.54, 1.807) is 30.3 Å². The van der Waals surface area contributed by atoms with Crippen molar-refractivity contribution < 1.29 is 13.2 Å². The van der Waals surface area contributed by atoms with Crippen LogP contribution in [-0.4, -0.2) is 14.3 Å². The predicted molar refractivity (Wildman–Crippen MR) is 120 cm³/mol. The molecule has 0 aliphatic carbocycles. The van der Waals surface area contributed by atoms with Gasteiger partial charge >= 0.3 is 0 Å². The van der Waals surface area contributed by atoms with Gasteiger partial charge in [0.15, 0.2) is 0 Å². The van der Waals surface area contributed by atoms with Gasteiger partial charge in [-0.25, -0.2) is 8.42 Å². The molecule has 30 heavy (non-hydrogen) atoms. The topological polar surface area (TPSA) is 75.3 Å². The molecule has 3 rings (SSSR count). The highest BCUT2D eigenvalue weighted by Crippen LogP contribution is 2.26. The largest absolute Gasteiger partial charge is 0.346 e. The number of nitrogens with one attached hydrogen (secondary N) is 2. The molecule has 3 aromatic carbocycles. The Hall–Kier alpha value is -2.83. The SMILES string of the molecule is Cc1ccc(C(C)NC(=O)c2ccc(Cl)c(S(=O)(=O)Nc3ccccc3)c2)c(C)c1. The summed E-state index contributed by atoms with van der Waals surface area (Å²) in [6.07, 6.45) is 0. The molecule has 7 heteroatoms. The average Bonchev–Trinajstić information content (AvgIpc) is 2.68. The fraction of sp³-hybridized carbons (Fsp3) is 0.174. The van der Waals surface area contributed by atoms with E-state index >= 15 is 0 Å². The summed E-state index contributed by atoms with van der Waals surface area (Å²) < 4.78 is 28.1. The van der Waals surface area contributed by atoms with E-state index in [0.29, 0.717) is 5.69 Å². The molecular weight excluding hydrogens is 420 g/mol. The van der Waals surface area contributed by atoms with Gasteiger partial charge in [0.25, 0.3) is 15.9 Å². The zero-order chi connectivity index (χ0) is 21.9. The number of carbonyl (C=O) groups excluding carboxylic acids is 1. The number of para-hydroxylation sites is 1. The molecule has 3 aromatic rings. The van der Waals surface area contributed by atoms with Crippen LogP contribution < -0.4 is 10.0 Å². The molecule has 156 valence electrons. The number of halogens is 1. The minimum Gasteiger partial charge on any atom is -0.346 e. The summed E-state index contributed by atoms with van der Waals surface area (Å²) in [4.78, 5) is 12.6. The van der Waals surface area contributed by atoms with Crippen molar-refractivity contribution in [2.75, 3.05) is 4.72 Å². The van der Waals surface area contributed by atoms with Crippen molar-refractivity contribution in [2.45, 2.75) is 31.7 Å². The lowest BCUT2D eigenvalue weighted by Crippen LogP contribution is -2.27. The molecule has 1 unspecified atom stereocenters. The first-order chi connectivity index (χ1) is 14.2. The van der Waals surface area contributed by atoms with Gasteiger partial charge in [-0.05, 0) is 62.2 Å². The minimum absolute atomic E-state index is 0.0393. The van der Waals surface area contributed by atoms with Crippen LogP contribution in [0.4, 0.5) is 5.69 Å². The Morgan fingerprint density at radius 2 is 1.67 bits per heavy atom. The summed E-state index contributed by atoms with van der Waals surface area (Å²) in [6, 6.07) is 18.5. The summed E-state index contributed by atoms with van der Waals surface area (Å²) in [6.45, 7) is 5.90. The highest BCUT2D eigenvalue weighted by Gasteiger charge is 2.21. The lowest BCUT2D eigenvalue weighted by atomic mass is 10.00. The number of aryl methyl sites for hydroxylation is 2. The number of hydrogen-bond donors (Lipinski definition) is 2. The van der Waals surface area contributed by atoms with Crippen molar-refractivity contribution in [3.8, 4) is 0 Å². The second-order valence-electron chi connectivity index (χ2n) is 7.17. The summed E-state index contributed by atoms with van der Waals surface area (Å²) in [5.74, 6) is -0.379. The third kappa shape index (κ3) is 5.01. The molecule has 0 bridgehead atoms. The zero-order valence-electron chi connectivity index (χ0n) is 16.9. The van der Waals surface area contributed by atoms with Crippen LogP contribution in [0.25, 0.3) is 0 Å². The molecule has 0 aliphatic heterocycles. The van der Waals surface area contributed by atoms with Crippen molar-refractivity contribution in [3.05, 3.63) is 94.0 Å². The Labute approximate surface area is 182 Å². The molecule has 0 aliphatic rings. The predicted octanol–water partition coefficient (Wildman–Crippen LogP) is 5.25. The summed E-state index contributed by atoms with van der Waals surface area (Å²) in [7, 11) is -3.95. The average molecular weight is 443 g/mol. The normalized spacial score (nSPS) is 12.3. The fourth-order valence-electron chi connectivity index (χ4n) is 3.24. The molecule has 0 heterocycles. The van der Waals surface area contributed by atoms with E-state index in [4.69, 9.17) is 11.6 Å². The van der Waals surface area contributed by atoms with Crippen molar-refractivity contribution in [2.24, 2.45) is 0 Å². The van der Waals surface area contributed by atoms with Gasteiger partial charge in [0.05, 0.1) is 11.1 Å². The van der Waals surface area contributed by atoms with E-state index in [1.165, 1.54) is 18.2 Å². The van der Waals surface area contributed by atoms with E-state index in [0.717, 1.165) is 16.7 Å². The standard InChI is InChI=1S/C23H23ClN2O3S/c1-15-9-11-20(16(2)13-15)17(3)25-23(27)18-10-12-21(24)22(14-18)30(28,29)26-19-7-5-4-6-8-19/h4-14,17,26H,1-3H3,(H,25,27). The van der Waals surface area contributed by atoms with Crippen LogP contribution >= 0.6 is 11.6 Å². The van der Waals surface area contributed by atoms with Crippen LogP contribution in [0.3, 0.4) is 0 Å². The van der Waals surface area contributed by atoms with Crippen LogP contribution in [0.5, 0.6) is 0 Å². The van der Waals surface area contributed by atoms with E-state index < -0.39 is 10.0 Å². The number of hydrogen-bond acceptors (Lipinski definition) is 3. The number of benzene rings is 3. The van der Waals surface area contributed by atoms with E-state index in [1.807, 2.05) is 32.9 Å². The maximum absolute atomic E-state index is 12.8. The van der Waals surface area contributed by atoms with E-state index in [2.05, 4.69) is 16.1 Å². The van der Waals surface area contributed by atoms with Crippen molar-refractivity contribution in [3.63, 3.8) is 0 Å². The van der Waals surface area contributed by atoms with E-state index in [-0.39, 0.29) is 27.4 Å². The Bertz CT molecular complexity index is 1180. The van der Waals surface area contributed by atoms with Crippen LogP contribution in [0.1, 0.15) is 40.0 Å². The first kappa shape index (κ1) is 21.9. The van der Waals surface area contributed by atoms with Crippen molar-refractivity contribution in [1.82, 2.24) is 5.32 Å². The highest BCUT2D eigenvalue weighted by atomic mass is 35.5. The summed E-state index contributed by atoms with van der Waals surface area (Å²) in [5, 5.41) is 2.96. The second kappa shape index (κ2) is 8.90. The maximum Gasteiger partial charge on any atom is 0.263 e. The molecule has 0 fully saturated rings. The lowest BCUT2D eigenvalue weighted by Gasteiger charge is -2.18. The van der Waals surface area contributed by atoms with Crippen LogP contribution in [0.2, 0.25) is 5.02 Å². The van der Waals surface area contributed by atoms with E-state index in [9.17, 15) is 13.2 Å². The number of amides is 1. The molecule has 1 amide bonds. The summed E-state index contributed by atoms with van der Waals surface area (Å²) >= 11 is 6.14. The molecule has 0 aromatic heterocycles. The number of sulfonamides is 1. The molecule has 5 nitrogen and oxygen atoms in total. The highest BCUT2D eigenvalue weighted by molar-refractivity contribution is 7.92. The van der Waals surface area contributed by atoms with Crippen molar-refractivity contribution >= 4 is 33.2 Å². The van der Waals surface area contributed by atoms with Gasteiger partial charge < -0.3 is 5.32 Å². The molecule has 0 spiro atoms. The van der Waals surface area contributed by atoms with Crippen LogP contribution in [0.15, 0.2) is 71.6 Å². The van der Waals surface area contributed by atoms with Gasteiger partial charge in [-0.1, -0.05) is 53.6 Å². The Morgan fingerprint density at radius 1 is 0.967 bits per heavy atom. The molecule has 0 saturated heterocycles. The van der Waals surface area contributed by atoms with Gasteiger partial charge in [0, 0.05) is 11.3 Å². The number of carbonyl (C=O) groups is 1. The molecule has 0 radical (unpaired) electrons. The molecule has 1 atom stereocenters. The Morgan fingerprint density at radius 3 is 2.33 bits per heavy atom. The molecule has 2 N–H and O–H groups in total. The first-order valence-corrected chi connectivity index (χ1v) is 11.3. The zero-order valence-corrected chi connectivity index (χ0v) is 18.5. The number of anilines is 1. The monoisotopic (exact) mass is 442 g/mol. The fourth-order valence-corrected chi connectivity index (χ4v) is 4.82. The maximum atomic E-state index is 12.8. The summed E-state index contributed by atoms with van der Waals surface area (Å²) in [5.41, 5.74) is 3.85. The number of rotatable bonds is 6. The second-order valence-corrected chi connectivity index (χ2v) is 9.23. The Kier molecular flexibility index (Phi) is 6.48. The quantitative estimate of drug-likeness (QED) is 0.547. The van der Waals surface area contributed by atoms with Gasteiger partial charge in [0.2, 0.25) is 0 Å². The van der Waals surface area contributed by atoms with Crippen LogP contribution in [-0.2, 0) is 10.0 Å². The van der Waals surface area contributed by atoms with Crippen molar-refractivity contribution in [1.29, 1.82) is 0 Å². The van der Waals surface area contributed by atoms with Gasteiger partial charge in [-0.15, -0.1) is 0 Å². The van der Waals surface area contributed by atoms with Gasteiger partial charge in [-0.2, -0.15) is 0 Å². The van der Waals surface area contributed by atoms with Gasteiger partial charge in [-0.3, -0.25) is 9.52 Å². The smallest absolute Gasteiger partial charge is 0.263 e. The molecular formula is C23H23ClN2O3S. The first-order valence-electron chi connectivity index (χ1n) is 9.43. The third-order valence-electron chi connectivity index (χ3n) is 4.75. The molecule has 0 saturated carbocycles. The Balaban J connectivity index is 1.84. The third-order valence-corrected chi connectivity index (χ3v) is 6.61. The minimum atomic E-state index is -3.95. The van der Waals surface area contributed by atoms with Gasteiger partial charge in [0.1, 0.15) is 4.90 Å². The lowest BCUT2D eigenvalue weighted by molar-refractivity contribution is 0.0939.